The lowest BCUT2D eigenvalue weighted by Gasteiger charge is -2.01. The minimum atomic E-state index is 0.0817. The summed E-state index contributed by atoms with van der Waals surface area (Å²) >= 11 is 0. The fourth-order valence-electron chi connectivity index (χ4n) is 1.41. The summed E-state index contributed by atoms with van der Waals surface area (Å²) in [7, 11) is 0. The van der Waals surface area contributed by atoms with Crippen LogP contribution in [0.3, 0.4) is 0 Å². The van der Waals surface area contributed by atoms with Gasteiger partial charge in [-0.1, -0.05) is 0 Å². The van der Waals surface area contributed by atoms with Gasteiger partial charge >= 0.3 is 0 Å². The molecule has 0 atom stereocenters. The van der Waals surface area contributed by atoms with Crippen LogP contribution in [-0.4, -0.2) is 15.6 Å². The summed E-state index contributed by atoms with van der Waals surface area (Å²) in [4.78, 5) is 11.1. The average molecular weight is 200 g/mol. The Balaban J connectivity index is 2.35. The number of benzene rings is 1. The van der Waals surface area contributed by atoms with Gasteiger partial charge in [-0.25, -0.2) is 4.68 Å². The Morgan fingerprint density at radius 3 is 2.33 bits per heavy atom. The molecular weight excluding hydrogens is 188 g/mol. The number of aryl methyl sites for hydroxylation is 1. The number of ketones is 1. The van der Waals surface area contributed by atoms with Gasteiger partial charge in [-0.15, -0.1) is 0 Å². The number of rotatable bonds is 2. The Hall–Kier alpha value is -1.90. The second-order valence-electron chi connectivity index (χ2n) is 3.50. The molecule has 1 heterocycles. The molecule has 0 aliphatic rings. The normalized spacial score (nSPS) is 10.3. The van der Waals surface area contributed by atoms with Crippen molar-refractivity contribution in [1.82, 2.24) is 9.78 Å². The van der Waals surface area contributed by atoms with Crippen LogP contribution in [0, 0.1) is 6.92 Å². The van der Waals surface area contributed by atoms with Crippen LogP contribution in [0.5, 0.6) is 0 Å². The molecule has 76 valence electrons. The van der Waals surface area contributed by atoms with Crippen molar-refractivity contribution in [1.29, 1.82) is 0 Å². The van der Waals surface area contributed by atoms with Gasteiger partial charge in [-0.05, 0) is 44.2 Å². The predicted molar refractivity (Wildman–Crippen MR) is 58.3 cm³/mol. The molecule has 1 aromatic heterocycles. The second-order valence-corrected chi connectivity index (χ2v) is 3.50. The van der Waals surface area contributed by atoms with Gasteiger partial charge in [-0.3, -0.25) is 4.79 Å². The molecule has 15 heavy (non-hydrogen) atoms. The van der Waals surface area contributed by atoms with Crippen molar-refractivity contribution in [2.45, 2.75) is 13.8 Å². The highest BCUT2D eigenvalue weighted by atomic mass is 16.1. The number of carbonyl (C=O) groups excluding carboxylic acids is 1. The van der Waals surface area contributed by atoms with Crippen LogP contribution >= 0.6 is 0 Å². The van der Waals surface area contributed by atoms with Gasteiger partial charge in [0.2, 0.25) is 0 Å². The highest BCUT2D eigenvalue weighted by Crippen LogP contribution is 2.09. The van der Waals surface area contributed by atoms with Gasteiger partial charge in [-0.2, -0.15) is 5.10 Å². The van der Waals surface area contributed by atoms with E-state index in [0.717, 1.165) is 16.9 Å². The standard InChI is InChI=1S/C12H12N2O/c1-9-7-8-14(13-9)12-5-3-11(4-6-12)10(2)15/h3-8H,1-2H3. The second kappa shape index (κ2) is 3.69. The summed E-state index contributed by atoms with van der Waals surface area (Å²) in [5.74, 6) is 0.0817. The summed E-state index contributed by atoms with van der Waals surface area (Å²) in [6.45, 7) is 3.51. The number of carbonyl (C=O) groups is 1. The fourth-order valence-corrected chi connectivity index (χ4v) is 1.41. The lowest BCUT2D eigenvalue weighted by molar-refractivity contribution is 0.101. The molecular formula is C12H12N2O. The molecule has 2 aromatic rings. The number of aromatic nitrogens is 2. The molecule has 3 nitrogen and oxygen atoms in total. The molecule has 0 saturated heterocycles. The van der Waals surface area contributed by atoms with Crippen molar-refractivity contribution in [2.75, 3.05) is 0 Å². The highest BCUT2D eigenvalue weighted by Gasteiger charge is 2.00. The van der Waals surface area contributed by atoms with E-state index in [2.05, 4.69) is 5.10 Å². The molecule has 0 aliphatic carbocycles. The third-order valence-corrected chi connectivity index (χ3v) is 2.26. The molecule has 0 amide bonds. The quantitative estimate of drug-likeness (QED) is 0.697. The molecule has 0 radical (unpaired) electrons. The van der Waals surface area contributed by atoms with E-state index in [0.29, 0.717) is 0 Å². The number of hydrogen-bond acceptors (Lipinski definition) is 2. The van der Waals surface area contributed by atoms with Crippen LogP contribution in [0.4, 0.5) is 0 Å². The third-order valence-electron chi connectivity index (χ3n) is 2.26. The molecule has 1 aromatic carbocycles. The minimum Gasteiger partial charge on any atom is -0.295 e. The molecule has 3 heteroatoms. The van der Waals surface area contributed by atoms with E-state index in [1.807, 2.05) is 43.5 Å². The molecule has 0 N–H and O–H groups in total. The van der Waals surface area contributed by atoms with E-state index in [1.165, 1.54) is 0 Å². The Kier molecular flexibility index (Phi) is 2.37. The van der Waals surface area contributed by atoms with Gasteiger partial charge in [0.25, 0.3) is 0 Å². The summed E-state index contributed by atoms with van der Waals surface area (Å²) in [5.41, 5.74) is 2.67. The Morgan fingerprint density at radius 1 is 1.20 bits per heavy atom. The number of Topliss-reactive ketones (excluding diaryl/α,β-unsaturated/α-hetero) is 1. The fraction of sp³-hybridized carbons (Fsp3) is 0.167. The van der Waals surface area contributed by atoms with Crippen LogP contribution < -0.4 is 0 Å². The van der Waals surface area contributed by atoms with Crippen molar-refractivity contribution in [3.63, 3.8) is 0 Å². The Morgan fingerprint density at radius 2 is 1.87 bits per heavy atom. The van der Waals surface area contributed by atoms with Gasteiger partial charge in [0.15, 0.2) is 5.78 Å². The summed E-state index contributed by atoms with van der Waals surface area (Å²) in [5, 5.41) is 4.29. The van der Waals surface area contributed by atoms with Crippen LogP contribution in [0.25, 0.3) is 5.69 Å². The summed E-state index contributed by atoms with van der Waals surface area (Å²) < 4.78 is 1.79. The zero-order chi connectivity index (χ0) is 10.8. The van der Waals surface area contributed by atoms with Crippen LogP contribution in [0.2, 0.25) is 0 Å². The molecule has 2 rings (SSSR count). The Labute approximate surface area is 88.4 Å². The minimum absolute atomic E-state index is 0.0817. The van der Waals surface area contributed by atoms with Gasteiger partial charge in [0.05, 0.1) is 11.4 Å². The van der Waals surface area contributed by atoms with E-state index in [-0.39, 0.29) is 5.78 Å². The lowest BCUT2D eigenvalue weighted by atomic mass is 10.1. The van der Waals surface area contributed by atoms with Crippen molar-refractivity contribution in [3.8, 4) is 5.69 Å². The number of nitrogens with zero attached hydrogens (tertiary/aromatic N) is 2. The SMILES string of the molecule is CC(=O)c1ccc(-n2ccc(C)n2)cc1. The van der Waals surface area contributed by atoms with Crippen molar-refractivity contribution in [2.24, 2.45) is 0 Å². The first-order valence-electron chi connectivity index (χ1n) is 4.80. The van der Waals surface area contributed by atoms with E-state index in [4.69, 9.17) is 0 Å². The maximum absolute atomic E-state index is 11.1. The summed E-state index contributed by atoms with van der Waals surface area (Å²) in [6.07, 6.45) is 1.90. The molecule has 0 fully saturated rings. The zero-order valence-corrected chi connectivity index (χ0v) is 8.77. The highest BCUT2D eigenvalue weighted by molar-refractivity contribution is 5.94. The van der Waals surface area contributed by atoms with Crippen molar-refractivity contribution in [3.05, 3.63) is 47.8 Å². The summed E-state index contributed by atoms with van der Waals surface area (Å²) in [6, 6.07) is 9.36. The van der Waals surface area contributed by atoms with Gasteiger partial charge in [0.1, 0.15) is 0 Å². The van der Waals surface area contributed by atoms with E-state index in [9.17, 15) is 4.79 Å². The zero-order valence-electron chi connectivity index (χ0n) is 8.77. The van der Waals surface area contributed by atoms with Crippen LogP contribution in [0.15, 0.2) is 36.5 Å². The van der Waals surface area contributed by atoms with Crippen molar-refractivity contribution >= 4 is 5.78 Å². The van der Waals surface area contributed by atoms with Crippen LogP contribution in [-0.2, 0) is 0 Å². The average Bonchev–Trinajstić information content (AvgIpc) is 2.65. The first-order chi connectivity index (χ1) is 7.16. The van der Waals surface area contributed by atoms with Gasteiger partial charge < -0.3 is 0 Å². The molecule has 0 saturated carbocycles. The topological polar surface area (TPSA) is 34.9 Å². The first-order valence-corrected chi connectivity index (χ1v) is 4.80. The molecule has 0 unspecified atom stereocenters. The van der Waals surface area contributed by atoms with Gasteiger partial charge in [0, 0.05) is 11.8 Å². The molecule has 0 bridgehead atoms. The van der Waals surface area contributed by atoms with E-state index in [1.54, 1.807) is 11.6 Å². The van der Waals surface area contributed by atoms with E-state index >= 15 is 0 Å². The lowest BCUT2D eigenvalue weighted by Crippen LogP contribution is -1.97. The predicted octanol–water partition coefficient (Wildman–Crippen LogP) is 2.38. The number of hydrogen-bond donors (Lipinski definition) is 0. The monoisotopic (exact) mass is 200 g/mol. The van der Waals surface area contributed by atoms with Crippen LogP contribution in [0.1, 0.15) is 23.0 Å². The first kappa shape index (κ1) is 9.65. The smallest absolute Gasteiger partial charge is 0.159 e. The maximum atomic E-state index is 11.1. The molecule has 0 spiro atoms. The third kappa shape index (κ3) is 1.96. The molecule has 0 aliphatic heterocycles. The van der Waals surface area contributed by atoms with E-state index < -0.39 is 0 Å². The van der Waals surface area contributed by atoms with Crippen molar-refractivity contribution < 1.29 is 4.79 Å². The largest absolute Gasteiger partial charge is 0.295 e. The maximum Gasteiger partial charge on any atom is 0.159 e. The Bertz CT molecular complexity index is 483.